The SMILES string of the molecule is CC(C)(C)OC(=O)N1CCC(c2ccc(Cl)cc2)[C@H](COc2ccc(S(=O)(=O)Cl)cc2C#N)C1. The Bertz CT molecular complexity index is 1190. The van der Waals surface area contributed by atoms with Crippen LogP contribution in [-0.2, 0) is 13.8 Å². The van der Waals surface area contributed by atoms with Gasteiger partial charge in [0.15, 0.2) is 0 Å². The molecule has 0 saturated carbocycles. The van der Waals surface area contributed by atoms with Crippen molar-refractivity contribution in [3.63, 3.8) is 0 Å². The molecule has 0 radical (unpaired) electrons. The summed E-state index contributed by atoms with van der Waals surface area (Å²) in [6.07, 6.45) is 0.310. The number of likely N-dealkylation sites (tertiary alicyclic amines) is 1. The predicted octanol–water partition coefficient (Wildman–Crippen LogP) is 5.56. The first kappa shape index (κ1) is 26.1. The lowest BCUT2D eigenvalue weighted by Crippen LogP contribution is -2.46. The summed E-state index contributed by atoms with van der Waals surface area (Å²) in [6, 6.07) is 13.4. The number of halogens is 2. The van der Waals surface area contributed by atoms with Gasteiger partial charge in [-0.2, -0.15) is 5.26 Å². The second-order valence-electron chi connectivity index (χ2n) is 9.15. The van der Waals surface area contributed by atoms with Gasteiger partial charge in [-0.3, -0.25) is 0 Å². The van der Waals surface area contributed by atoms with Crippen LogP contribution in [0.15, 0.2) is 47.4 Å². The molecule has 2 aromatic rings. The highest BCUT2D eigenvalue weighted by atomic mass is 35.7. The average Bonchev–Trinajstić information content (AvgIpc) is 2.76. The van der Waals surface area contributed by atoms with Gasteiger partial charge in [-0.15, -0.1) is 0 Å². The van der Waals surface area contributed by atoms with E-state index in [4.69, 9.17) is 31.8 Å². The zero-order valence-corrected chi connectivity index (χ0v) is 21.5. The molecule has 1 unspecified atom stereocenters. The summed E-state index contributed by atoms with van der Waals surface area (Å²) in [5.41, 5.74) is 0.526. The number of carbonyl (C=O) groups is 1. The molecule has 1 aliphatic heterocycles. The fourth-order valence-corrected chi connectivity index (χ4v) is 4.82. The van der Waals surface area contributed by atoms with Crippen LogP contribution in [0.25, 0.3) is 0 Å². The third kappa shape index (κ3) is 6.78. The van der Waals surface area contributed by atoms with Crippen LogP contribution in [0.1, 0.15) is 44.2 Å². The smallest absolute Gasteiger partial charge is 0.410 e. The van der Waals surface area contributed by atoms with Gasteiger partial charge in [-0.1, -0.05) is 23.7 Å². The average molecular weight is 525 g/mol. The summed E-state index contributed by atoms with van der Waals surface area (Å²) >= 11 is 6.06. The highest BCUT2D eigenvalue weighted by Crippen LogP contribution is 2.35. The van der Waals surface area contributed by atoms with Crippen molar-refractivity contribution in [2.45, 2.75) is 43.6 Å². The fourth-order valence-electron chi connectivity index (χ4n) is 3.91. The molecule has 182 valence electrons. The number of benzene rings is 2. The Morgan fingerprint density at radius 2 is 1.88 bits per heavy atom. The number of ether oxygens (including phenoxy) is 2. The quantitative estimate of drug-likeness (QED) is 0.475. The maximum Gasteiger partial charge on any atom is 0.410 e. The maximum absolute atomic E-state index is 12.7. The van der Waals surface area contributed by atoms with Crippen molar-refractivity contribution in [3.8, 4) is 11.8 Å². The van der Waals surface area contributed by atoms with E-state index in [0.717, 1.165) is 5.56 Å². The van der Waals surface area contributed by atoms with E-state index >= 15 is 0 Å². The summed E-state index contributed by atoms with van der Waals surface area (Å²) in [7, 11) is 1.42. The van der Waals surface area contributed by atoms with Crippen molar-refractivity contribution in [1.82, 2.24) is 4.90 Å². The third-order valence-corrected chi connectivity index (χ3v) is 7.09. The molecule has 34 heavy (non-hydrogen) atoms. The van der Waals surface area contributed by atoms with Crippen molar-refractivity contribution in [2.24, 2.45) is 5.92 Å². The highest BCUT2D eigenvalue weighted by molar-refractivity contribution is 8.13. The van der Waals surface area contributed by atoms with Crippen LogP contribution < -0.4 is 4.74 Å². The lowest BCUT2D eigenvalue weighted by atomic mass is 9.81. The Kier molecular flexibility index (Phi) is 8.02. The van der Waals surface area contributed by atoms with E-state index in [1.54, 1.807) is 4.90 Å². The molecule has 7 nitrogen and oxygen atoms in total. The van der Waals surface area contributed by atoms with E-state index in [-0.39, 0.29) is 40.7 Å². The normalized spacial score (nSPS) is 18.8. The van der Waals surface area contributed by atoms with Gasteiger partial charge in [0, 0.05) is 34.7 Å². The first-order valence-electron chi connectivity index (χ1n) is 10.7. The first-order valence-corrected chi connectivity index (χ1v) is 13.4. The van der Waals surface area contributed by atoms with Crippen LogP contribution in [0.5, 0.6) is 5.75 Å². The van der Waals surface area contributed by atoms with E-state index in [1.165, 1.54) is 18.2 Å². The van der Waals surface area contributed by atoms with Crippen LogP contribution in [0, 0.1) is 17.2 Å². The van der Waals surface area contributed by atoms with Gasteiger partial charge in [0.25, 0.3) is 9.05 Å². The minimum atomic E-state index is -3.97. The summed E-state index contributed by atoms with van der Waals surface area (Å²) in [5, 5.41) is 10.1. The molecule has 10 heteroatoms. The molecule has 2 aromatic carbocycles. The van der Waals surface area contributed by atoms with Crippen LogP contribution in [-0.4, -0.2) is 44.7 Å². The van der Waals surface area contributed by atoms with Crippen molar-refractivity contribution in [2.75, 3.05) is 19.7 Å². The van der Waals surface area contributed by atoms with Gasteiger partial charge >= 0.3 is 6.09 Å². The number of hydrogen-bond acceptors (Lipinski definition) is 6. The number of nitriles is 1. The van der Waals surface area contributed by atoms with E-state index in [0.29, 0.717) is 24.5 Å². The zero-order valence-electron chi connectivity index (χ0n) is 19.1. The minimum Gasteiger partial charge on any atom is -0.492 e. The Morgan fingerprint density at radius 1 is 1.21 bits per heavy atom. The van der Waals surface area contributed by atoms with Crippen molar-refractivity contribution in [3.05, 3.63) is 58.6 Å². The fraction of sp³-hybridized carbons (Fsp3) is 0.417. The molecule has 3 rings (SSSR count). The standard InChI is InChI=1S/C24H26Cl2N2O5S/c1-24(2,3)33-23(29)28-11-10-21(16-4-6-19(25)7-5-16)18(14-28)15-32-22-9-8-20(34(26,30)31)12-17(22)13-27/h4-9,12,18,21H,10-11,14-15H2,1-3H3/t18-,21?/m0/s1. The van der Waals surface area contributed by atoms with Crippen molar-refractivity contribution >= 4 is 37.4 Å². The lowest BCUT2D eigenvalue weighted by Gasteiger charge is -2.39. The zero-order chi connectivity index (χ0) is 25.1. The number of rotatable bonds is 5. The molecule has 1 heterocycles. The molecular weight excluding hydrogens is 499 g/mol. The predicted molar refractivity (Wildman–Crippen MR) is 130 cm³/mol. The number of piperidine rings is 1. The summed E-state index contributed by atoms with van der Waals surface area (Å²) in [4.78, 5) is 14.2. The number of carbonyl (C=O) groups excluding carboxylic acids is 1. The van der Waals surface area contributed by atoms with Crippen molar-refractivity contribution in [1.29, 1.82) is 5.26 Å². The van der Waals surface area contributed by atoms with Gasteiger partial charge < -0.3 is 14.4 Å². The van der Waals surface area contributed by atoms with Crippen LogP contribution in [0.3, 0.4) is 0 Å². The molecule has 1 aliphatic rings. The summed E-state index contributed by atoms with van der Waals surface area (Å²) in [5.74, 6) is 0.227. The number of hydrogen-bond donors (Lipinski definition) is 0. The Hall–Kier alpha value is -2.47. The third-order valence-electron chi connectivity index (χ3n) is 5.49. The van der Waals surface area contributed by atoms with Gasteiger partial charge in [0.1, 0.15) is 17.4 Å². The number of nitrogens with zero attached hydrogens (tertiary/aromatic N) is 2. The van der Waals surface area contributed by atoms with Gasteiger partial charge in [-0.05, 0) is 69.0 Å². The molecule has 2 atom stereocenters. The van der Waals surface area contributed by atoms with E-state index < -0.39 is 14.7 Å². The molecule has 1 fully saturated rings. The second kappa shape index (κ2) is 10.4. The molecule has 1 saturated heterocycles. The molecular formula is C24H26Cl2N2O5S. The summed E-state index contributed by atoms with van der Waals surface area (Å²) in [6.45, 7) is 6.59. The highest BCUT2D eigenvalue weighted by Gasteiger charge is 2.35. The largest absolute Gasteiger partial charge is 0.492 e. The maximum atomic E-state index is 12.7. The minimum absolute atomic E-state index is 0.0598. The topological polar surface area (TPSA) is 96.7 Å². The Labute approximate surface area is 209 Å². The van der Waals surface area contributed by atoms with Gasteiger partial charge in [-0.25, -0.2) is 13.2 Å². The van der Waals surface area contributed by atoms with Gasteiger partial charge in [0.2, 0.25) is 0 Å². The van der Waals surface area contributed by atoms with Gasteiger partial charge in [0.05, 0.1) is 17.1 Å². The molecule has 0 aliphatic carbocycles. The van der Waals surface area contributed by atoms with E-state index in [2.05, 4.69) is 0 Å². The summed E-state index contributed by atoms with van der Waals surface area (Å²) < 4.78 is 34.7. The molecule has 0 spiro atoms. The lowest BCUT2D eigenvalue weighted by molar-refractivity contribution is 0.0111. The number of amides is 1. The second-order valence-corrected chi connectivity index (χ2v) is 12.2. The van der Waals surface area contributed by atoms with E-state index in [9.17, 15) is 18.5 Å². The Morgan fingerprint density at radius 3 is 2.47 bits per heavy atom. The Balaban J connectivity index is 1.83. The van der Waals surface area contributed by atoms with Crippen LogP contribution >= 0.6 is 22.3 Å². The first-order chi connectivity index (χ1) is 15.9. The molecule has 0 bridgehead atoms. The van der Waals surface area contributed by atoms with Crippen molar-refractivity contribution < 1.29 is 22.7 Å². The molecule has 1 amide bonds. The van der Waals surface area contributed by atoms with E-state index in [1.807, 2.05) is 51.1 Å². The van der Waals surface area contributed by atoms with Crippen LogP contribution in [0.4, 0.5) is 4.79 Å². The molecule has 0 aromatic heterocycles. The van der Waals surface area contributed by atoms with Crippen LogP contribution in [0.2, 0.25) is 5.02 Å². The monoisotopic (exact) mass is 524 g/mol. The molecule has 0 N–H and O–H groups in total.